The van der Waals surface area contributed by atoms with Gasteiger partial charge in [0.05, 0.1) is 24.7 Å². The van der Waals surface area contributed by atoms with Crippen LogP contribution in [0.15, 0.2) is 38.8 Å². The predicted molar refractivity (Wildman–Crippen MR) is 72.0 cm³/mol. The van der Waals surface area contributed by atoms with Gasteiger partial charge < -0.3 is 24.5 Å². The number of nitrogens with one attached hydrogen (secondary N) is 1. The van der Waals surface area contributed by atoms with Gasteiger partial charge in [0.1, 0.15) is 18.3 Å². The van der Waals surface area contributed by atoms with Gasteiger partial charge in [0, 0.05) is 11.8 Å². The van der Waals surface area contributed by atoms with E-state index in [0.29, 0.717) is 5.56 Å². The maximum absolute atomic E-state index is 11.9. The fourth-order valence-electron chi connectivity index (χ4n) is 2.41. The Morgan fingerprint density at radius 3 is 2.64 bits per heavy atom. The number of nitrogens with zero attached hydrogens (tertiary/aromatic N) is 1. The summed E-state index contributed by atoms with van der Waals surface area (Å²) in [6.07, 6.45) is -1.08. The molecule has 9 nitrogen and oxygen atoms in total. The van der Waals surface area contributed by atoms with Gasteiger partial charge in [-0.15, -0.1) is 0 Å². The third-order valence-corrected chi connectivity index (χ3v) is 3.59. The molecule has 0 spiro atoms. The molecule has 0 bridgehead atoms. The Kier molecular flexibility index (Phi) is 3.71. The lowest BCUT2D eigenvalue weighted by Crippen LogP contribution is -2.38. The lowest BCUT2D eigenvalue weighted by atomic mass is 10.1. The van der Waals surface area contributed by atoms with Crippen LogP contribution in [-0.2, 0) is 4.74 Å². The first kappa shape index (κ1) is 14.7. The number of ether oxygens (including phenoxy) is 1. The fourth-order valence-corrected chi connectivity index (χ4v) is 2.41. The summed E-state index contributed by atoms with van der Waals surface area (Å²) in [4.78, 5) is 25.9. The molecule has 4 N–H and O–H groups in total. The molecule has 22 heavy (non-hydrogen) atoms. The van der Waals surface area contributed by atoms with Crippen molar-refractivity contribution in [3.63, 3.8) is 0 Å². The summed E-state index contributed by atoms with van der Waals surface area (Å²) in [5.41, 5.74) is -0.825. The highest BCUT2D eigenvalue weighted by atomic mass is 16.6. The van der Waals surface area contributed by atoms with E-state index in [1.54, 1.807) is 0 Å². The fraction of sp³-hybridized carbons (Fsp3) is 0.385. The number of aromatic nitrogens is 2. The number of hydrogen-bond donors (Lipinski definition) is 4. The van der Waals surface area contributed by atoms with E-state index < -0.39 is 42.4 Å². The highest BCUT2D eigenvalue weighted by molar-refractivity contribution is 5.59. The van der Waals surface area contributed by atoms with Gasteiger partial charge in [0.2, 0.25) is 0 Å². The molecule has 0 amide bonds. The summed E-state index contributed by atoms with van der Waals surface area (Å²) in [6.45, 7) is -0.512. The second-order valence-electron chi connectivity index (χ2n) is 4.95. The number of H-pyrrole nitrogens is 1. The topological polar surface area (TPSA) is 138 Å². The van der Waals surface area contributed by atoms with Crippen molar-refractivity contribution in [3.05, 3.63) is 45.6 Å². The van der Waals surface area contributed by atoms with Crippen molar-refractivity contribution >= 4 is 0 Å². The Morgan fingerprint density at radius 1 is 1.27 bits per heavy atom. The number of aliphatic hydroxyl groups is 3. The van der Waals surface area contributed by atoms with E-state index in [4.69, 9.17) is 14.3 Å². The number of rotatable bonds is 3. The monoisotopic (exact) mass is 310 g/mol. The average molecular weight is 310 g/mol. The van der Waals surface area contributed by atoms with E-state index in [1.165, 1.54) is 24.8 Å². The molecule has 0 saturated carbocycles. The summed E-state index contributed by atoms with van der Waals surface area (Å²) in [7, 11) is 0. The number of aromatic amines is 1. The van der Waals surface area contributed by atoms with Gasteiger partial charge in [0.15, 0.2) is 6.23 Å². The van der Waals surface area contributed by atoms with Crippen molar-refractivity contribution in [2.24, 2.45) is 0 Å². The molecule has 2 aromatic rings. The molecule has 3 rings (SSSR count). The van der Waals surface area contributed by atoms with Gasteiger partial charge in [-0.1, -0.05) is 0 Å². The zero-order chi connectivity index (χ0) is 15.9. The lowest BCUT2D eigenvalue weighted by Gasteiger charge is -2.17. The van der Waals surface area contributed by atoms with Gasteiger partial charge in [-0.05, 0) is 6.07 Å². The van der Waals surface area contributed by atoms with Crippen LogP contribution in [-0.4, -0.2) is 49.8 Å². The SMILES string of the molecule is O=c1[nH]c(=O)n([C@H]2O[C@@H](CO)C(O)C2O)cc1-c1ccoc1. The molecule has 0 radical (unpaired) electrons. The molecule has 0 aliphatic carbocycles. The highest BCUT2D eigenvalue weighted by Gasteiger charge is 2.43. The third kappa shape index (κ3) is 2.29. The third-order valence-electron chi connectivity index (χ3n) is 3.59. The Hall–Kier alpha value is -2.20. The molecule has 1 aliphatic heterocycles. The first-order valence-corrected chi connectivity index (χ1v) is 6.53. The minimum atomic E-state index is -1.42. The number of aliphatic hydroxyl groups excluding tert-OH is 3. The van der Waals surface area contributed by atoms with Crippen molar-refractivity contribution in [3.8, 4) is 11.1 Å². The summed E-state index contributed by atoms with van der Waals surface area (Å²) < 4.78 is 11.1. The largest absolute Gasteiger partial charge is 0.472 e. The zero-order valence-corrected chi connectivity index (χ0v) is 11.2. The average Bonchev–Trinajstić information content (AvgIpc) is 3.10. The summed E-state index contributed by atoms with van der Waals surface area (Å²) in [5.74, 6) is 0. The Balaban J connectivity index is 2.07. The number of hydrogen-bond acceptors (Lipinski definition) is 7. The second kappa shape index (κ2) is 5.54. The minimum Gasteiger partial charge on any atom is -0.472 e. The van der Waals surface area contributed by atoms with Crippen LogP contribution >= 0.6 is 0 Å². The Bertz CT molecular complexity index is 763. The second-order valence-corrected chi connectivity index (χ2v) is 4.95. The van der Waals surface area contributed by atoms with Gasteiger partial charge in [-0.25, -0.2) is 4.79 Å². The molecule has 1 saturated heterocycles. The summed E-state index contributed by atoms with van der Waals surface area (Å²) in [5, 5.41) is 28.8. The van der Waals surface area contributed by atoms with Crippen molar-refractivity contribution in [2.75, 3.05) is 6.61 Å². The highest BCUT2D eigenvalue weighted by Crippen LogP contribution is 2.28. The quantitative estimate of drug-likeness (QED) is 0.536. The molecule has 9 heteroatoms. The van der Waals surface area contributed by atoms with E-state index in [0.717, 1.165) is 4.57 Å². The maximum atomic E-state index is 11.9. The van der Waals surface area contributed by atoms with E-state index in [2.05, 4.69) is 4.98 Å². The predicted octanol–water partition coefficient (Wildman–Crippen LogP) is -1.59. The van der Waals surface area contributed by atoms with Crippen LogP contribution in [0.5, 0.6) is 0 Å². The molecule has 0 aromatic carbocycles. The van der Waals surface area contributed by atoms with Crippen molar-refractivity contribution < 1.29 is 24.5 Å². The zero-order valence-electron chi connectivity index (χ0n) is 11.2. The molecule has 4 atom stereocenters. The standard InChI is InChI=1S/C13H14N2O7/c16-4-8-9(17)10(18)12(22-8)15-3-7(6-1-2-21-5-6)11(19)14-13(15)20/h1-3,5,8-10,12,16-18H,4H2,(H,14,19,20)/t8-,9?,10?,12-/m0/s1. The normalized spacial score (nSPS) is 28.1. The van der Waals surface area contributed by atoms with Crippen LogP contribution in [0.1, 0.15) is 6.23 Å². The maximum Gasteiger partial charge on any atom is 0.330 e. The molecule has 1 aliphatic rings. The van der Waals surface area contributed by atoms with Crippen LogP contribution in [0.2, 0.25) is 0 Å². The Morgan fingerprint density at radius 2 is 2.05 bits per heavy atom. The smallest absolute Gasteiger partial charge is 0.330 e. The van der Waals surface area contributed by atoms with Crippen LogP contribution in [0.3, 0.4) is 0 Å². The van der Waals surface area contributed by atoms with E-state index >= 15 is 0 Å². The van der Waals surface area contributed by atoms with Gasteiger partial charge in [-0.3, -0.25) is 14.3 Å². The molecule has 2 aromatic heterocycles. The molecule has 118 valence electrons. The van der Waals surface area contributed by atoms with E-state index in [1.807, 2.05) is 0 Å². The molecule has 1 fully saturated rings. The van der Waals surface area contributed by atoms with Gasteiger partial charge >= 0.3 is 5.69 Å². The van der Waals surface area contributed by atoms with Crippen molar-refractivity contribution in [1.29, 1.82) is 0 Å². The van der Waals surface area contributed by atoms with Gasteiger partial charge in [0.25, 0.3) is 5.56 Å². The van der Waals surface area contributed by atoms with Crippen LogP contribution in [0.25, 0.3) is 11.1 Å². The first-order chi connectivity index (χ1) is 10.5. The van der Waals surface area contributed by atoms with Crippen molar-refractivity contribution in [1.82, 2.24) is 9.55 Å². The van der Waals surface area contributed by atoms with E-state index in [-0.39, 0.29) is 5.56 Å². The lowest BCUT2D eigenvalue weighted by molar-refractivity contribution is -0.0549. The molecular formula is C13H14N2O7. The van der Waals surface area contributed by atoms with Gasteiger partial charge in [-0.2, -0.15) is 0 Å². The van der Waals surface area contributed by atoms with E-state index in [9.17, 15) is 19.8 Å². The Labute approximate surface area is 123 Å². The van der Waals surface area contributed by atoms with Crippen LogP contribution < -0.4 is 11.2 Å². The minimum absolute atomic E-state index is 0.145. The summed E-state index contributed by atoms with van der Waals surface area (Å²) in [6, 6.07) is 1.54. The first-order valence-electron chi connectivity index (χ1n) is 6.53. The van der Waals surface area contributed by atoms with Crippen LogP contribution in [0.4, 0.5) is 0 Å². The molecular weight excluding hydrogens is 296 g/mol. The molecule has 3 heterocycles. The molecule has 2 unspecified atom stereocenters. The van der Waals surface area contributed by atoms with Crippen LogP contribution in [0, 0.1) is 0 Å². The number of furan rings is 1. The summed E-state index contributed by atoms with van der Waals surface area (Å²) >= 11 is 0. The van der Waals surface area contributed by atoms with Crippen molar-refractivity contribution in [2.45, 2.75) is 24.5 Å².